The molecule has 1 N–H and O–H groups in total. The molecule has 21 heavy (non-hydrogen) atoms. The van der Waals surface area contributed by atoms with Gasteiger partial charge in [0.2, 0.25) is 0 Å². The number of rotatable bonds is 4. The van der Waals surface area contributed by atoms with Gasteiger partial charge in [0.25, 0.3) is 0 Å². The monoisotopic (exact) mass is 291 g/mol. The maximum Gasteiger partial charge on any atom is 0.321 e. The van der Waals surface area contributed by atoms with E-state index in [2.05, 4.69) is 17.1 Å². The van der Waals surface area contributed by atoms with Gasteiger partial charge in [0, 0.05) is 26.2 Å². The van der Waals surface area contributed by atoms with Gasteiger partial charge in [-0.05, 0) is 31.5 Å². The Morgan fingerprint density at radius 2 is 2.05 bits per heavy atom. The largest absolute Gasteiger partial charge is 0.495 e. The molecule has 0 aromatic heterocycles. The fraction of sp³-hybridized carbons (Fsp3) is 0.562. The summed E-state index contributed by atoms with van der Waals surface area (Å²) in [6, 6.07) is 7.70. The number of carbonyl (C=O) groups excluding carboxylic acids is 1. The molecule has 5 nitrogen and oxygen atoms in total. The highest BCUT2D eigenvalue weighted by Gasteiger charge is 2.25. The van der Waals surface area contributed by atoms with Crippen LogP contribution in [-0.2, 0) is 0 Å². The van der Waals surface area contributed by atoms with Crippen LogP contribution in [0, 0.1) is 0 Å². The van der Waals surface area contributed by atoms with Crippen molar-refractivity contribution in [1.82, 2.24) is 9.80 Å². The molecular formula is C16H25N3O2. The van der Waals surface area contributed by atoms with E-state index in [1.54, 1.807) is 7.11 Å². The van der Waals surface area contributed by atoms with E-state index in [9.17, 15) is 4.79 Å². The Bertz CT molecular complexity index is 470. The number of nitrogens with zero attached hydrogens (tertiary/aromatic N) is 2. The maximum absolute atomic E-state index is 12.4. The van der Waals surface area contributed by atoms with Crippen molar-refractivity contribution in [2.24, 2.45) is 0 Å². The van der Waals surface area contributed by atoms with E-state index in [0.717, 1.165) is 32.5 Å². The van der Waals surface area contributed by atoms with Crippen LogP contribution in [0.4, 0.5) is 10.5 Å². The lowest BCUT2D eigenvalue weighted by atomic mass is 10.0. The molecule has 5 heteroatoms. The van der Waals surface area contributed by atoms with Crippen LogP contribution in [-0.4, -0.2) is 55.7 Å². The van der Waals surface area contributed by atoms with E-state index in [1.165, 1.54) is 0 Å². The summed E-state index contributed by atoms with van der Waals surface area (Å²) in [7, 11) is 3.48. The minimum Gasteiger partial charge on any atom is -0.495 e. The van der Waals surface area contributed by atoms with Crippen molar-refractivity contribution >= 4 is 11.7 Å². The van der Waals surface area contributed by atoms with Crippen molar-refractivity contribution in [3.8, 4) is 5.75 Å². The Morgan fingerprint density at radius 1 is 1.38 bits per heavy atom. The Labute approximate surface area is 126 Å². The Morgan fingerprint density at radius 3 is 2.67 bits per heavy atom. The standard InChI is InChI=1S/C16H25N3O2/c1-4-19-11-9-13(10-12-19)18(2)16(20)17-14-7-5-6-8-15(14)21-3/h5-8,13H,4,9-12H2,1-3H3,(H,17,20). The highest BCUT2D eigenvalue weighted by molar-refractivity contribution is 5.91. The number of amides is 2. The first-order valence-electron chi connectivity index (χ1n) is 7.55. The summed E-state index contributed by atoms with van der Waals surface area (Å²) in [5.74, 6) is 0.681. The van der Waals surface area contributed by atoms with Gasteiger partial charge in [-0.25, -0.2) is 4.79 Å². The first kappa shape index (κ1) is 15.6. The van der Waals surface area contributed by atoms with Crippen LogP contribution in [0.15, 0.2) is 24.3 Å². The molecule has 116 valence electrons. The second-order valence-corrected chi connectivity index (χ2v) is 5.41. The SMILES string of the molecule is CCN1CCC(N(C)C(=O)Nc2ccccc2OC)CC1. The lowest BCUT2D eigenvalue weighted by Crippen LogP contribution is -2.46. The number of benzene rings is 1. The van der Waals surface area contributed by atoms with Gasteiger partial charge in [0.1, 0.15) is 5.75 Å². The normalized spacial score (nSPS) is 16.5. The average molecular weight is 291 g/mol. The van der Waals surface area contributed by atoms with Crippen molar-refractivity contribution in [3.05, 3.63) is 24.3 Å². The summed E-state index contributed by atoms with van der Waals surface area (Å²) in [4.78, 5) is 16.6. The molecule has 0 unspecified atom stereocenters. The highest BCUT2D eigenvalue weighted by Crippen LogP contribution is 2.24. The number of likely N-dealkylation sites (tertiary alicyclic amines) is 1. The van der Waals surface area contributed by atoms with E-state index in [-0.39, 0.29) is 6.03 Å². The molecule has 0 aliphatic carbocycles. The number of para-hydroxylation sites is 2. The van der Waals surface area contributed by atoms with Gasteiger partial charge in [-0.2, -0.15) is 0 Å². The second-order valence-electron chi connectivity index (χ2n) is 5.41. The molecule has 1 aliphatic heterocycles. The number of piperidine rings is 1. The van der Waals surface area contributed by atoms with Gasteiger partial charge >= 0.3 is 6.03 Å². The number of carbonyl (C=O) groups is 1. The molecule has 0 spiro atoms. The zero-order chi connectivity index (χ0) is 15.2. The van der Waals surface area contributed by atoms with E-state index in [1.807, 2.05) is 36.2 Å². The minimum atomic E-state index is -0.0746. The predicted molar refractivity (Wildman–Crippen MR) is 84.9 cm³/mol. The fourth-order valence-corrected chi connectivity index (χ4v) is 2.74. The summed E-state index contributed by atoms with van der Waals surface area (Å²) in [5.41, 5.74) is 0.711. The number of urea groups is 1. The molecule has 0 atom stereocenters. The summed E-state index contributed by atoms with van der Waals surface area (Å²) < 4.78 is 5.26. The van der Waals surface area contributed by atoms with Crippen molar-refractivity contribution in [2.75, 3.05) is 39.1 Å². The number of methoxy groups -OCH3 is 1. The number of ether oxygens (including phenoxy) is 1. The smallest absolute Gasteiger partial charge is 0.321 e. The molecule has 0 radical (unpaired) electrons. The van der Waals surface area contributed by atoms with Gasteiger partial charge in [0.15, 0.2) is 0 Å². The molecule has 0 saturated carbocycles. The number of nitrogens with one attached hydrogen (secondary N) is 1. The van der Waals surface area contributed by atoms with Crippen LogP contribution in [0.25, 0.3) is 0 Å². The topological polar surface area (TPSA) is 44.8 Å². The van der Waals surface area contributed by atoms with Crippen LogP contribution in [0.1, 0.15) is 19.8 Å². The lowest BCUT2D eigenvalue weighted by Gasteiger charge is -2.36. The summed E-state index contributed by atoms with van der Waals surface area (Å²) >= 11 is 0. The third-order valence-corrected chi connectivity index (χ3v) is 4.22. The van der Waals surface area contributed by atoms with Crippen molar-refractivity contribution < 1.29 is 9.53 Å². The molecule has 1 aromatic carbocycles. The zero-order valence-electron chi connectivity index (χ0n) is 13.1. The molecule has 1 fully saturated rings. The Hall–Kier alpha value is -1.75. The number of hydrogen-bond donors (Lipinski definition) is 1. The predicted octanol–water partition coefficient (Wildman–Crippen LogP) is 2.64. The minimum absolute atomic E-state index is 0.0746. The zero-order valence-corrected chi connectivity index (χ0v) is 13.1. The molecule has 2 rings (SSSR count). The van der Waals surface area contributed by atoms with Crippen LogP contribution in [0.5, 0.6) is 5.75 Å². The molecule has 1 aromatic rings. The molecule has 1 saturated heterocycles. The summed E-state index contributed by atoms with van der Waals surface area (Å²) in [5, 5.41) is 2.93. The second kappa shape index (κ2) is 7.31. The third-order valence-electron chi connectivity index (χ3n) is 4.22. The third kappa shape index (κ3) is 3.88. The first-order chi connectivity index (χ1) is 10.2. The van der Waals surface area contributed by atoms with E-state index < -0.39 is 0 Å². The molecule has 2 amide bonds. The summed E-state index contributed by atoms with van der Waals surface area (Å²) in [6.45, 7) is 5.39. The molecular weight excluding hydrogens is 266 g/mol. The van der Waals surface area contributed by atoms with Crippen molar-refractivity contribution in [3.63, 3.8) is 0 Å². The Balaban J connectivity index is 1.94. The van der Waals surface area contributed by atoms with E-state index >= 15 is 0 Å². The van der Waals surface area contributed by atoms with E-state index in [0.29, 0.717) is 17.5 Å². The van der Waals surface area contributed by atoms with Gasteiger partial charge in [-0.1, -0.05) is 19.1 Å². The summed E-state index contributed by atoms with van der Waals surface area (Å²) in [6.07, 6.45) is 2.06. The van der Waals surface area contributed by atoms with Crippen molar-refractivity contribution in [1.29, 1.82) is 0 Å². The van der Waals surface area contributed by atoms with Crippen molar-refractivity contribution in [2.45, 2.75) is 25.8 Å². The van der Waals surface area contributed by atoms with Gasteiger partial charge < -0.3 is 19.9 Å². The maximum atomic E-state index is 12.4. The fourth-order valence-electron chi connectivity index (χ4n) is 2.74. The molecule has 0 bridgehead atoms. The van der Waals surface area contributed by atoms with Gasteiger partial charge in [-0.15, -0.1) is 0 Å². The van der Waals surface area contributed by atoms with Crippen LogP contribution in [0.3, 0.4) is 0 Å². The molecule has 1 heterocycles. The van der Waals surface area contributed by atoms with Crippen LogP contribution in [0.2, 0.25) is 0 Å². The van der Waals surface area contributed by atoms with Gasteiger partial charge in [-0.3, -0.25) is 0 Å². The number of anilines is 1. The number of hydrogen-bond acceptors (Lipinski definition) is 3. The van der Waals surface area contributed by atoms with Crippen LogP contribution < -0.4 is 10.1 Å². The lowest BCUT2D eigenvalue weighted by molar-refractivity contribution is 0.145. The quantitative estimate of drug-likeness (QED) is 0.927. The average Bonchev–Trinajstić information content (AvgIpc) is 2.54. The van der Waals surface area contributed by atoms with Gasteiger partial charge in [0.05, 0.1) is 12.8 Å². The first-order valence-corrected chi connectivity index (χ1v) is 7.55. The Kier molecular flexibility index (Phi) is 5.44. The van der Waals surface area contributed by atoms with E-state index in [4.69, 9.17) is 4.74 Å². The molecule has 1 aliphatic rings. The highest BCUT2D eigenvalue weighted by atomic mass is 16.5. The van der Waals surface area contributed by atoms with Crippen LogP contribution >= 0.6 is 0 Å².